The van der Waals surface area contributed by atoms with Gasteiger partial charge in [0.25, 0.3) is 0 Å². The maximum absolute atomic E-state index is 12.3. The molecule has 226 valence electrons. The van der Waals surface area contributed by atoms with Gasteiger partial charge in [0, 0.05) is 17.4 Å². The summed E-state index contributed by atoms with van der Waals surface area (Å²) in [6.07, 6.45) is 10.3. The molecule has 2 unspecified atom stereocenters. The number of rotatable bonds is 21. The first-order valence-electron chi connectivity index (χ1n) is 16.0. The molecular weight excluding hydrogens is 615 g/mol. The molecule has 5 heteroatoms. The van der Waals surface area contributed by atoms with E-state index in [-0.39, 0.29) is 27.6 Å². The van der Waals surface area contributed by atoms with E-state index < -0.39 is 17.4 Å². The number of hydrogen-bond donors (Lipinski definition) is 0. The van der Waals surface area contributed by atoms with Gasteiger partial charge >= 0.3 is 102 Å². The number of unbranched alkanes of at least 4 members (excludes halogenated alkanes) is 2. The van der Waals surface area contributed by atoms with Crippen LogP contribution in [0.4, 0.5) is 0 Å². The first kappa shape index (κ1) is 37.2. The van der Waals surface area contributed by atoms with E-state index in [0.29, 0.717) is 37.5 Å². The Morgan fingerprint density at radius 1 is 0.707 bits per heavy atom. The number of carbonyl (C=O) groups is 2. The third kappa shape index (κ3) is 16.4. The second-order valence-electron chi connectivity index (χ2n) is 11.6. The molecule has 0 aliphatic rings. The summed E-state index contributed by atoms with van der Waals surface area (Å²) in [4.78, 5) is 23.1. The summed E-state index contributed by atoms with van der Waals surface area (Å²) in [6.45, 7) is 8.54. The number of carbonyl (C=O) groups excluding carboxylic acids is 2. The predicted molar refractivity (Wildman–Crippen MR) is 168 cm³/mol. The van der Waals surface area contributed by atoms with Crippen molar-refractivity contribution in [3.8, 4) is 0 Å². The number of benzene rings is 2. The molecule has 2 aromatic carbocycles. The number of carboxylic acid groups (broad SMARTS) is 2. The van der Waals surface area contributed by atoms with E-state index in [4.69, 9.17) is 0 Å². The van der Waals surface area contributed by atoms with Gasteiger partial charge in [-0.15, -0.1) is 0 Å². The summed E-state index contributed by atoms with van der Waals surface area (Å²) in [6, 6.07) is 21.7. The topological polar surface area (TPSA) is 80.3 Å². The zero-order valence-electron chi connectivity index (χ0n) is 26.2. The molecule has 4 nitrogen and oxygen atoms in total. The third-order valence-electron chi connectivity index (χ3n) is 8.26. The SMILES string of the molecule is CCCCC(CC)CC(CCCC(=O)[O-])(CC(CC)CCCC)C(=O)[O-].c1ccc([CH2][Sn+2][CH2]c2ccccc2)cc1. The third-order valence-corrected chi connectivity index (χ3v) is 12.0. The molecule has 41 heavy (non-hydrogen) atoms. The average Bonchev–Trinajstić information content (AvgIpc) is 2.98. The van der Waals surface area contributed by atoms with Crippen LogP contribution in [0.15, 0.2) is 60.7 Å². The zero-order chi connectivity index (χ0) is 30.3. The summed E-state index contributed by atoms with van der Waals surface area (Å²) in [5, 5.41) is 23.1. The molecule has 2 rings (SSSR count). The van der Waals surface area contributed by atoms with Gasteiger partial charge in [-0.25, -0.2) is 0 Å². The van der Waals surface area contributed by atoms with Crippen molar-refractivity contribution in [2.75, 3.05) is 0 Å². The minimum atomic E-state index is -1.10. The van der Waals surface area contributed by atoms with Crippen molar-refractivity contribution in [1.29, 1.82) is 0 Å². The van der Waals surface area contributed by atoms with E-state index in [1.807, 2.05) is 0 Å². The Labute approximate surface area is 261 Å². The molecule has 0 amide bonds. The number of hydrogen-bond acceptors (Lipinski definition) is 4. The standard InChI is InChI=1S/C22H42O4.2C7H7.Sn/c1-5-9-12-18(7-3)16-22(21(25)26,15-11-14-20(23)24)17-19(8-4)13-10-6-2;2*1-7-5-3-2-4-6-7;/h18-19H,5-17H2,1-4H3,(H,23,24)(H,25,26);2*2-6H,1H2;/q;;;+2/p-2. The van der Waals surface area contributed by atoms with Crippen LogP contribution in [0.5, 0.6) is 0 Å². The van der Waals surface area contributed by atoms with Gasteiger partial charge < -0.3 is 19.8 Å². The van der Waals surface area contributed by atoms with Crippen LogP contribution in [-0.2, 0) is 18.5 Å². The summed E-state index contributed by atoms with van der Waals surface area (Å²) in [7, 11) is 0. The minimum absolute atomic E-state index is 0.0769. The molecule has 0 radical (unpaired) electrons. The Balaban J connectivity index is 0.000000468. The van der Waals surface area contributed by atoms with Crippen LogP contribution in [0, 0.1) is 17.3 Å². The second-order valence-corrected chi connectivity index (χ2v) is 15.1. The van der Waals surface area contributed by atoms with Crippen molar-refractivity contribution < 1.29 is 19.8 Å². The molecule has 0 fully saturated rings. The molecule has 0 aromatic heterocycles. The Bertz CT molecular complexity index is 874. The van der Waals surface area contributed by atoms with Crippen LogP contribution >= 0.6 is 0 Å². The summed E-state index contributed by atoms with van der Waals surface area (Å²) < 4.78 is 2.69. The van der Waals surface area contributed by atoms with Crippen LogP contribution in [-0.4, -0.2) is 33.1 Å². The van der Waals surface area contributed by atoms with Gasteiger partial charge in [0.2, 0.25) is 0 Å². The van der Waals surface area contributed by atoms with E-state index in [9.17, 15) is 19.8 Å². The first-order chi connectivity index (χ1) is 19.8. The molecule has 0 spiro atoms. The quantitative estimate of drug-likeness (QED) is 0.135. The Kier molecular flexibility index (Phi) is 20.6. The molecule has 2 atom stereocenters. The van der Waals surface area contributed by atoms with Gasteiger partial charge in [0.15, 0.2) is 0 Å². The molecule has 0 aliphatic heterocycles. The van der Waals surface area contributed by atoms with Crippen LogP contribution in [0.1, 0.15) is 122 Å². The zero-order valence-corrected chi connectivity index (χ0v) is 29.0. The summed E-state index contributed by atoms with van der Waals surface area (Å²) in [5.41, 5.74) is 2.12. The fraction of sp³-hybridized carbons (Fsp3) is 0.611. The Morgan fingerprint density at radius 2 is 1.15 bits per heavy atom. The molecule has 0 saturated heterocycles. The van der Waals surface area contributed by atoms with Crippen LogP contribution in [0.25, 0.3) is 0 Å². The van der Waals surface area contributed by atoms with Crippen LogP contribution in [0.2, 0.25) is 0 Å². The van der Waals surface area contributed by atoms with Gasteiger partial charge in [-0.3, -0.25) is 0 Å². The van der Waals surface area contributed by atoms with E-state index in [2.05, 4.69) is 88.4 Å². The fourth-order valence-electron chi connectivity index (χ4n) is 5.66. The van der Waals surface area contributed by atoms with Crippen molar-refractivity contribution in [3.63, 3.8) is 0 Å². The van der Waals surface area contributed by atoms with Crippen molar-refractivity contribution in [2.24, 2.45) is 17.3 Å². The van der Waals surface area contributed by atoms with Gasteiger partial charge in [-0.1, -0.05) is 79.1 Å². The Hall–Kier alpha value is -1.82. The normalized spacial score (nSPS) is 13.7. The van der Waals surface area contributed by atoms with Crippen molar-refractivity contribution >= 4 is 33.1 Å². The number of carboxylic acids is 2. The molecule has 0 aliphatic carbocycles. The molecule has 2 aromatic rings. The van der Waals surface area contributed by atoms with Gasteiger partial charge in [0.1, 0.15) is 0 Å². The summed E-state index contributed by atoms with van der Waals surface area (Å²) in [5.74, 6) is -1.37. The monoisotopic (exact) mass is 670 g/mol. The number of aliphatic carboxylic acids is 2. The van der Waals surface area contributed by atoms with E-state index in [1.54, 1.807) is 0 Å². The van der Waals surface area contributed by atoms with Gasteiger partial charge in [-0.2, -0.15) is 0 Å². The second kappa shape index (κ2) is 22.7. The van der Waals surface area contributed by atoms with Gasteiger partial charge in [-0.05, 0) is 43.9 Å². The summed E-state index contributed by atoms with van der Waals surface area (Å²) >= 11 is -0.258. The molecule has 0 saturated carbocycles. The van der Waals surface area contributed by atoms with Crippen LogP contribution < -0.4 is 10.2 Å². The molecule has 0 bridgehead atoms. The molecular formula is C36H54O4Sn. The van der Waals surface area contributed by atoms with Crippen molar-refractivity contribution in [2.45, 2.75) is 120 Å². The predicted octanol–water partition coefficient (Wildman–Crippen LogP) is 6.95. The van der Waals surface area contributed by atoms with Gasteiger partial charge in [0.05, 0.1) is 0 Å². The van der Waals surface area contributed by atoms with E-state index >= 15 is 0 Å². The van der Waals surface area contributed by atoms with E-state index in [0.717, 1.165) is 51.4 Å². The van der Waals surface area contributed by atoms with Crippen molar-refractivity contribution in [1.82, 2.24) is 0 Å². The molecule has 0 heterocycles. The first-order valence-corrected chi connectivity index (χ1v) is 20.0. The van der Waals surface area contributed by atoms with Crippen LogP contribution in [0.3, 0.4) is 0 Å². The Morgan fingerprint density at radius 3 is 1.49 bits per heavy atom. The van der Waals surface area contributed by atoms with E-state index in [1.165, 1.54) is 20.0 Å². The fourth-order valence-corrected chi connectivity index (χ4v) is 9.01. The molecule has 0 N–H and O–H groups in total. The van der Waals surface area contributed by atoms with Crippen molar-refractivity contribution in [3.05, 3.63) is 71.8 Å². The maximum atomic E-state index is 12.3. The average molecular weight is 670 g/mol.